The van der Waals surface area contributed by atoms with Crippen LogP contribution in [0, 0.1) is 0 Å². The number of sulfonamides is 1. The van der Waals surface area contributed by atoms with Crippen molar-refractivity contribution in [3.05, 3.63) is 83.0 Å². The van der Waals surface area contributed by atoms with Gasteiger partial charge in [0.2, 0.25) is 10.0 Å². The van der Waals surface area contributed by atoms with Gasteiger partial charge in [-0.2, -0.15) is 0 Å². The SMILES string of the molecule is CS(=O)(=O)NC(=O)Cn1cc(NC(=O)c2cccc(-c3cccnc3)c2)ccc1=O. The van der Waals surface area contributed by atoms with Crippen LogP contribution in [0.25, 0.3) is 11.1 Å². The molecule has 10 heteroatoms. The number of carbonyl (C=O) groups excluding carboxylic acids is 2. The van der Waals surface area contributed by atoms with E-state index in [0.717, 1.165) is 21.9 Å². The number of benzene rings is 1. The molecule has 2 aromatic heterocycles. The molecule has 0 fully saturated rings. The second-order valence-corrected chi connectivity index (χ2v) is 8.21. The van der Waals surface area contributed by atoms with Crippen LogP contribution in [0.5, 0.6) is 0 Å². The minimum atomic E-state index is -3.74. The molecule has 30 heavy (non-hydrogen) atoms. The molecule has 3 rings (SSSR count). The standard InChI is InChI=1S/C20H18N4O5S/c1-30(28,29)23-18(25)13-24-12-17(7-8-19(24)26)22-20(27)15-5-2-4-14(10-15)16-6-3-9-21-11-16/h2-12H,13H2,1H3,(H,22,27)(H,23,25). The van der Waals surface area contributed by atoms with Crippen molar-refractivity contribution in [3.63, 3.8) is 0 Å². The Morgan fingerprint density at radius 1 is 1.07 bits per heavy atom. The molecule has 2 heterocycles. The zero-order chi connectivity index (χ0) is 21.7. The van der Waals surface area contributed by atoms with E-state index in [0.29, 0.717) is 5.56 Å². The van der Waals surface area contributed by atoms with Crippen molar-refractivity contribution < 1.29 is 18.0 Å². The van der Waals surface area contributed by atoms with E-state index in [1.807, 2.05) is 12.1 Å². The third kappa shape index (κ3) is 5.61. The van der Waals surface area contributed by atoms with Crippen molar-refractivity contribution in [2.75, 3.05) is 11.6 Å². The first-order valence-electron chi connectivity index (χ1n) is 8.74. The van der Waals surface area contributed by atoms with Crippen molar-refractivity contribution in [1.82, 2.24) is 14.3 Å². The molecule has 0 bridgehead atoms. The molecule has 0 radical (unpaired) electrons. The number of carbonyl (C=O) groups is 2. The predicted molar refractivity (Wildman–Crippen MR) is 111 cm³/mol. The van der Waals surface area contributed by atoms with Crippen LogP contribution in [0.4, 0.5) is 5.69 Å². The van der Waals surface area contributed by atoms with Gasteiger partial charge in [0.1, 0.15) is 6.54 Å². The first-order chi connectivity index (χ1) is 14.2. The van der Waals surface area contributed by atoms with Gasteiger partial charge in [-0.3, -0.25) is 24.1 Å². The summed E-state index contributed by atoms with van der Waals surface area (Å²) in [6.07, 6.45) is 5.45. The molecule has 0 aliphatic carbocycles. The van der Waals surface area contributed by atoms with Crippen LogP contribution in [0.2, 0.25) is 0 Å². The summed E-state index contributed by atoms with van der Waals surface area (Å²) in [5, 5.41) is 2.66. The van der Waals surface area contributed by atoms with E-state index in [-0.39, 0.29) is 5.69 Å². The van der Waals surface area contributed by atoms with Crippen LogP contribution < -0.4 is 15.6 Å². The molecule has 2 N–H and O–H groups in total. The second-order valence-electron chi connectivity index (χ2n) is 6.46. The zero-order valence-corrected chi connectivity index (χ0v) is 16.7. The van der Waals surface area contributed by atoms with Crippen LogP contribution in [0.1, 0.15) is 10.4 Å². The summed E-state index contributed by atoms with van der Waals surface area (Å²) < 4.78 is 25.1. The number of nitrogens with one attached hydrogen (secondary N) is 2. The van der Waals surface area contributed by atoms with Gasteiger partial charge in [-0.1, -0.05) is 18.2 Å². The average Bonchev–Trinajstić information content (AvgIpc) is 2.70. The molecule has 0 spiro atoms. The molecule has 0 saturated heterocycles. The summed E-state index contributed by atoms with van der Waals surface area (Å²) in [6.45, 7) is -0.508. The molecular weight excluding hydrogens is 408 g/mol. The summed E-state index contributed by atoms with van der Waals surface area (Å²) in [5.41, 5.74) is 1.83. The van der Waals surface area contributed by atoms with Crippen LogP contribution in [-0.4, -0.2) is 36.0 Å². The molecule has 0 atom stereocenters. The van der Waals surface area contributed by atoms with Gasteiger partial charge in [0.05, 0.1) is 11.9 Å². The molecule has 0 aliphatic heterocycles. The molecular formula is C20H18N4O5S. The highest BCUT2D eigenvalue weighted by atomic mass is 32.2. The number of hydrogen-bond acceptors (Lipinski definition) is 6. The molecule has 0 unspecified atom stereocenters. The first kappa shape index (κ1) is 20.9. The number of hydrogen-bond donors (Lipinski definition) is 2. The highest BCUT2D eigenvalue weighted by molar-refractivity contribution is 7.89. The fourth-order valence-electron chi connectivity index (χ4n) is 2.70. The lowest BCUT2D eigenvalue weighted by Gasteiger charge is -2.10. The normalized spacial score (nSPS) is 11.0. The van der Waals surface area contributed by atoms with Gasteiger partial charge in [0.15, 0.2) is 0 Å². The van der Waals surface area contributed by atoms with E-state index in [2.05, 4.69) is 10.3 Å². The Hall–Kier alpha value is -3.79. The fourth-order valence-corrected chi connectivity index (χ4v) is 3.18. The van der Waals surface area contributed by atoms with Crippen molar-refractivity contribution >= 4 is 27.5 Å². The highest BCUT2D eigenvalue weighted by Gasteiger charge is 2.12. The lowest BCUT2D eigenvalue weighted by atomic mass is 10.0. The smallest absolute Gasteiger partial charge is 0.255 e. The third-order valence-corrected chi connectivity index (χ3v) is 4.57. The summed E-state index contributed by atoms with van der Waals surface area (Å²) in [7, 11) is -3.74. The van der Waals surface area contributed by atoms with Gasteiger partial charge in [-0.05, 0) is 29.8 Å². The van der Waals surface area contributed by atoms with Gasteiger partial charge in [0, 0.05) is 35.8 Å². The van der Waals surface area contributed by atoms with Crippen molar-refractivity contribution in [1.29, 1.82) is 0 Å². The molecule has 1 aromatic carbocycles. The minimum absolute atomic E-state index is 0.276. The summed E-state index contributed by atoms with van der Waals surface area (Å²) in [6, 6.07) is 13.2. The van der Waals surface area contributed by atoms with Crippen molar-refractivity contribution in [2.24, 2.45) is 0 Å². The number of pyridine rings is 2. The molecule has 9 nitrogen and oxygen atoms in total. The molecule has 154 valence electrons. The maximum absolute atomic E-state index is 12.6. The molecule has 3 aromatic rings. The van der Waals surface area contributed by atoms with E-state index in [1.165, 1.54) is 18.3 Å². The van der Waals surface area contributed by atoms with E-state index in [4.69, 9.17) is 0 Å². The lowest BCUT2D eigenvalue weighted by molar-refractivity contribution is -0.119. The number of amides is 2. The van der Waals surface area contributed by atoms with E-state index < -0.39 is 33.9 Å². The van der Waals surface area contributed by atoms with Gasteiger partial charge in [0.25, 0.3) is 17.4 Å². The van der Waals surface area contributed by atoms with Gasteiger partial charge < -0.3 is 9.88 Å². The largest absolute Gasteiger partial charge is 0.321 e. The lowest BCUT2D eigenvalue weighted by Crippen LogP contribution is -2.35. The predicted octanol–water partition coefficient (Wildman–Crippen LogP) is 1.24. The van der Waals surface area contributed by atoms with Crippen molar-refractivity contribution in [2.45, 2.75) is 6.54 Å². The number of aromatic nitrogens is 2. The molecule has 2 amide bonds. The van der Waals surface area contributed by atoms with Gasteiger partial charge >= 0.3 is 0 Å². The number of rotatable bonds is 6. The topological polar surface area (TPSA) is 127 Å². The second kappa shape index (κ2) is 8.70. The summed E-state index contributed by atoms with van der Waals surface area (Å²) >= 11 is 0. The van der Waals surface area contributed by atoms with Crippen LogP contribution in [0.3, 0.4) is 0 Å². The Kier molecular flexibility index (Phi) is 6.07. The maximum Gasteiger partial charge on any atom is 0.255 e. The zero-order valence-electron chi connectivity index (χ0n) is 15.9. The Morgan fingerprint density at radius 2 is 1.83 bits per heavy atom. The fraction of sp³-hybridized carbons (Fsp3) is 0.100. The third-order valence-electron chi connectivity index (χ3n) is 3.97. The number of nitrogens with zero attached hydrogens (tertiary/aromatic N) is 2. The van der Waals surface area contributed by atoms with E-state index in [9.17, 15) is 22.8 Å². The van der Waals surface area contributed by atoms with Crippen LogP contribution >= 0.6 is 0 Å². The molecule has 0 saturated carbocycles. The Morgan fingerprint density at radius 3 is 2.53 bits per heavy atom. The average molecular weight is 426 g/mol. The first-order valence-corrected chi connectivity index (χ1v) is 10.6. The summed E-state index contributed by atoms with van der Waals surface area (Å²) in [5.74, 6) is -1.28. The maximum atomic E-state index is 12.6. The summed E-state index contributed by atoms with van der Waals surface area (Å²) in [4.78, 5) is 40.4. The monoisotopic (exact) mass is 426 g/mol. The number of anilines is 1. The van der Waals surface area contributed by atoms with E-state index in [1.54, 1.807) is 41.4 Å². The minimum Gasteiger partial charge on any atom is -0.321 e. The Labute approximate surface area is 172 Å². The Bertz CT molecular complexity index is 1250. The Balaban J connectivity index is 1.77. The highest BCUT2D eigenvalue weighted by Crippen LogP contribution is 2.19. The quantitative estimate of drug-likeness (QED) is 0.610. The van der Waals surface area contributed by atoms with Gasteiger partial charge in [-0.15, -0.1) is 0 Å². The van der Waals surface area contributed by atoms with E-state index >= 15 is 0 Å². The van der Waals surface area contributed by atoms with Gasteiger partial charge in [-0.25, -0.2) is 8.42 Å². The van der Waals surface area contributed by atoms with Crippen LogP contribution in [0.15, 0.2) is 71.9 Å². The molecule has 0 aliphatic rings. The van der Waals surface area contributed by atoms with Crippen LogP contribution in [-0.2, 0) is 21.4 Å². The van der Waals surface area contributed by atoms with Crippen molar-refractivity contribution in [3.8, 4) is 11.1 Å².